The largest absolute Gasteiger partial charge is 0.478 e. The minimum Gasteiger partial charge on any atom is -0.478 e. The monoisotopic (exact) mass is 213 g/mol. The number of para-hydroxylation sites is 1. The Morgan fingerprint density at radius 1 is 1.43 bits per heavy atom. The number of benzene rings is 1. The highest BCUT2D eigenvalue weighted by Crippen LogP contribution is 2.19. The summed E-state index contributed by atoms with van der Waals surface area (Å²) in [6.07, 6.45) is 1.50. The maximum atomic E-state index is 11.2. The standard InChI is InChI=1S/C9H11NO3S/c1-10(14(2)13)8-6-4-3-5-7(8)9(11)12/h3-6H,1-2H3,(H,11,12). The highest BCUT2D eigenvalue weighted by Gasteiger charge is 2.13. The van der Waals surface area contributed by atoms with Crippen LogP contribution < -0.4 is 4.31 Å². The Bertz CT molecular complexity index is 378. The minimum atomic E-state index is -1.22. The first-order chi connectivity index (χ1) is 6.54. The molecule has 1 aromatic rings. The lowest BCUT2D eigenvalue weighted by Gasteiger charge is -2.17. The van der Waals surface area contributed by atoms with Crippen LogP contribution in [0.4, 0.5) is 5.69 Å². The highest BCUT2D eigenvalue weighted by molar-refractivity contribution is 7.85. The Balaban J connectivity index is 3.19. The molecule has 0 saturated heterocycles. The predicted molar refractivity (Wildman–Crippen MR) is 55.9 cm³/mol. The molecule has 14 heavy (non-hydrogen) atoms. The van der Waals surface area contributed by atoms with Gasteiger partial charge in [0, 0.05) is 13.3 Å². The summed E-state index contributed by atoms with van der Waals surface area (Å²) in [5.74, 6) is -1.02. The van der Waals surface area contributed by atoms with E-state index in [9.17, 15) is 9.00 Å². The quantitative estimate of drug-likeness (QED) is 0.818. The lowest BCUT2D eigenvalue weighted by atomic mass is 10.2. The van der Waals surface area contributed by atoms with E-state index >= 15 is 0 Å². The number of hydrogen-bond donors (Lipinski definition) is 1. The summed E-state index contributed by atoms with van der Waals surface area (Å²) in [7, 11) is 0.377. The first-order valence-electron chi connectivity index (χ1n) is 3.93. The molecule has 0 fully saturated rings. The number of rotatable bonds is 3. The minimum absolute atomic E-state index is 0.158. The third-order valence-corrected chi connectivity index (χ3v) is 2.83. The van der Waals surface area contributed by atoms with Gasteiger partial charge in [-0.1, -0.05) is 12.1 Å². The summed E-state index contributed by atoms with van der Waals surface area (Å²) < 4.78 is 12.6. The summed E-state index contributed by atoms with van der Waals surface area (Å²) in [4.78, 5) is 10.8. The fraction of sp³-hybridized carbons (Fsp3) is 0.222. The van der Waals surface area contributed by atoms with Crippen molar-refractivity contribution in [2.24, 2.45) is 0 Å². The van der Waals surface area contributed by atoms with Crippen molar-refractivity contribution in [1.82, 2.24) is 0 Å². The van der Waals surface area contributed by atoms with Crippen LogP contribution in [-0.4, -0.2) is 28.6 Å². The Hall–Kier alpha value is -1.36. The first kappa shape index (κ1) is 10.7. The number of aromatic carboxylic acids is 1. The van der Waals surface area contributed by atoms with Crippen LogP contribution >= 0.6 is 0 Å². The number of nitrogens with zero attached hydrogens (tertiary/aromatic N) is 1. The molecule has 0 aliphatic carbocycles. The van der Waals surface area contributed by atoms with Crippen LogP contribution in [0.25, 0.3) is 0 Å². The summed E-state index contributed by atoms with van der Waals surface area (Å²) in [5, 5.41) is 8.87. The average Bonchev–Trinajstić information content (AvgIpc) is 2.16. The van der Waals surface area contributed by atoms with E-state index in [4.69, 9.17) is 5.11 Å². The molecule has 0 radical (unpaired) electrons. The van der Waals surface area contributed by atoms with Crippen LogP contribution in [-0.2, 0) is 11.0 Å². The van der Waals surface area contributed by atoms with E-state index < -0.39 is 17.0 Å². The topological polar surface area (TPSA) is 57.6 Å². The predicted octanol–water partition coefficient (Wildman–Crippen LogP) is 1.11. The molecule has 0 aliphatic heterocycles. The number of hydrogen-bond acceptors (Lipinski definition) is 2. The third kappa shape index (κ3) is 2.11. The molecule has 0 amide bonds. The number of carbonyl (C=O) groups is 1. The number of anilines is 1. The molecule has 4 nitrogen and oxygen atoms in total. The molecule has 0 heterocycles. The third-order valence-electron chi connectivity index (χ3n) is 1.86. The lowest BCUT2D eigenvalue weighted by molar-refractivity contribution is 0.0698. The summed E-state index contributed by atoms with van der Waals surface area (Å²) in [5.41, 5.74) is 0.617. The normalized spacial score (nSPS) is 12.1. The Labute approximate surface area is 84.8 Å². The molecule has 0 spiro atoms. The number of carboxylic acids is 1. The molecular weight excluding hydrogens is 202 g/mol. The van der Waals surface area contributed by atoms with Gasteiger partial charge in [-0.15, -0.1) is 0 Å². The first-order valence-corrected chi connectivity index (χ1v) is 5.45. The second-order valence-corrected chi connectivity index (χ2v) is 4.14. The van der Waals surface area contributed by atoms with Gasteiger partial charge in [-0.2, -0.15) is 0 Å². The fourth-order valence-electron chi connectivity index (χ4n) is 1.07. The van der Waals surface area contributed by atoms with Gasteiger partial charge in [0.25, 0.3) is 0 Å². The molecular formula is C9H11NO3S. The zero-order valence-corrected chi connectivity index (χ0v) is 8.75. The van der Waals surface area contributed by atoms with Crippen LogP contribution in [0.2, 0.25) is 0 Å². The van der Waals surface area contributed by atoms with Crippen LogP contribution in [0.1, 0.15) is 10.4 Å². The van der Waals surface area contributed by atoms with E-state index in [-0.39, 0.29) is 5.56 Å². The summed E-state index contributed by atoms with van der Waals surface area (Å²) in [6, 6.07) is 6.47. The van der Waals surface area contributed by atoms with E-state index in [1.807, 2.05) is 0 Å². The van der Waals surface area contributed by atoms with E-state index in [0.29, 0.717) is 5.69 Å². The van der Waals surface area contributed by atoms with E-state index in [2.05, 4.69) is 0 Å². The molecule has 76 valence electrons. The molecule has 0 aliphatic rings. The van der Waals surface area contributed by atoms with E-state index in [1.165, 1.54) is 16.6 Å². The zero-order chi connectivity index (χ0) is 10.7. The SMILES string of the molecule is CN(c1ccccc1C(=O)O)S(C)=O. The lowest BCUT2D eigenvalue weighted by Crippen LogP contribution is -2.21. The van der Waals surface area contributed by atoms with Gasteiger partial charge in [0.05, 0.1) is 11.3 Å². The van der Waals surface area contributed by atoms with Crippen LogP contribution in [0.15, 0.2) is 24.3 Å². The van der Waals surface area contributed by atoms with E-state index in [0.717, 1.165) is 0 Å². The molecule has 0 aromatic heterocycles. The van der Waals surface area contributed by atoms with Crippen molar-refractivity contribution in [3.63, 3.8) is 0 Å². The van der Waals surface area contributed by atoms with Gasteiger partial charge >= 0.3 is 5.97 Å². The van der Waals surface area contributed by atoms with Crippen molar-refractivity contribution in [2.75, 3.05) is 17.6 Å². The molecule has 1 unspecified atom stereocenters. The fourth-order valence-corrected chi connectivity index (χ4v) is 1.50. The molecule has 1 aromatic carbocycles. The van der Waals surface area contributed by atoms with Crippen LogP contribution in [0, 0.1) is 0 Å². The van der Waals surface area contributed by atoms with Crippen LogP contribution in [0.3, 0.4) is 0 Å². The van der Waals surface area contributed by atoms with Gasteiger partial charge in [0.1, 0.15) is 11.0 Å². The molecule has 1 rings (SSSR count). The van der Waals surface area contributed by atoms with Crippen molar-refractivity contribution < 1.29 is 14.1 Å². The zero-order valence-electron chi connectivity index (χ0n) is 7.93. The van der Waals surface area contributed by atoms with Gasteiger partial charge in [-0.05, 0) is 12.1 Å². The van der Waals surface area contributed by atoms with E-state index in [1.54, 1.807) is 25.2 Å². The van der Waals surface area contributed by atoms with Crippen LogP contribution in [0.5, 0.6) is 0 Å². The molecule has 0 saturated carbocycles. The van der Waals surface area contributed by atoms with Gasteiger partial charge in [0.2, 0.25) is 0 Å². The second-order valence-electron chi connectivity index (χ2n) is 2.74. The molecule has 1 atom stereocenters. The Morgan fingerprint density at radius 2 is 2.00 bits per heavy atom. The van der Waals surface area contributed by atoms with Crippen molar-refractivity contribution >= 4 is 22.6 Å². The van der Waals surface area contributed by atoms with Crippen molar-refractivity contribution in [3.05, 3.63) is 29.8 Å². The van der Waals surface area contributed by atoms with Crippen molar-refractivity contribution in [2.45, 2.75) is 0 Å². The van der Waals surface area contributed by atoms with Crippen molar-refractivity contribution in [3.8, 4) is 0 Å². The molecule has 5 heteroatoms. The smallest absolute Gasteiger partial charge is 0.337 e. The Morgan fingerprint density at radius 3 is 2.50 bits per heavy atom. The van der Waals surface area contributed by atoms with Gasteiger partial charge in [0.15, 0.2) is 0 Å². The number of carboxylic acid groups (broad SMARTS) is 1. The average molecular weight is 213 g/mol. The molecule has 0 bridgehead atoms. The van der Waals surface area contributed by atoms with Gasteiger partial charge < -0.3 is 5.11 Å². The van der Waals surface area contributed by atoms with Crippen molar-refractivity contribution in [1.29, 1.82) is 0 Å². The van der Waals surface area contributed by atoms with Gasteiger partial charge in [-0.3, -0.25) is 4.31 Å². The maximum absolute atomic E-state index is 11.2. The Kier molecular flexibility index (Phi) is 3.24. The summed E-state index contributed by atoms with van der Waals surface area (Å²) in [6.45, 7) is 0. The maximum Gasteiger partial charge on any atom is 0.337 e. The van der Waals surface area contributed by atoms with Gasteiger partial charge in [-0.25, -0.2) is 9.00 Å². The summed E-state index contributed by atoms with van der Waals surface area (Å²) >= 11 is 0. The second kappa shape index (κ2) is 4.23. The molecule has 1 N–H and O–H groups in total. The highest BCUT2D eigenvalue weighted by atomic mass is 32.2.